The molecule has 0 fully saturated rings. The van der Waals surface area contributed by atoms with Crippen molar-refractivity contribution in [2.24, 2.45) is 0 Å². The zero-order chi connectivity index (χ0) is 22.3. The van der Waals surface area contributed by atoms with Crippen LogP contribution < -0.4 is 16.0 Å². The van der Waals surface area contributed by atoms with Gasteiger partial charge in [0, 0.05) is 24.3 Å². The maximum absolute atomic E-state index is 11.9. The lowest BCUT2D eigenvalue weighted by Gasteiger charge is -2.19. The average molecular weight is 413 g/mol. The Balaban J connectivity index is 2.01. The van der Waals surface area contributed by atoms with E-state index in [-0.39, 0.29) is 5.91 Å². The Morgan fingerprint density at radius 3 is 2.37 bits per heavy atom. The third-order valence-corrected chi connectivity index (χ3v) is 4.23. The fourth-order valence-electron chi connectivity index (χ4n) is 2.85. The lowest BCUT2D eigenvalue weighted by atomic mass is 10.1. The SMILES string of the molecule is CCC(=O)Nc1c(Nc2ccc(CCNC(=O)OC(C)(C)C)cc2)cc(C)nc1C. The van der Waals surface area contributed by atoms with Gasteiger partial charge in [-0.3, -0.25) is 9.78 Å². The second kappa shape index (κ2) is 10.1. The number of anilines is 3. The van der Waals surface area contributed by atoms with Gasteiger partial charge in [0.2, 0.25) is 5.91 Å². The van der Waals surface area contributed by atoms with E-state index in [9.17, 15) is 9.59 Å². The number of hydrogen-bond donors (Lipinski definition) is 3. The Morgan fingerprint density at radius 1 is 1.10 bits per heavy atom. The van der Waals surface area contributed by atoms with Gasteiger partial charge in [0.05, 0.1) is 17.1 Å². The van der Waals surface area contributed by atoms with Crippen LogP contribution in [0.25, 0.3) is 0 Å². The molecule has 1 aromatic carbocycles. The van der Waals surface area contributed by atoms with Crippen molar-refractivity contribution in [2.75, 3.05) is 17.2 Å². The smallest absolute Gasteiger partial charge is 0.407 e. The first kappa shape index (κ1) is 23.2. The number of aryl methyl sites for hydroxylation is 2. The molecule has 2 aromatic rings. The number of alkyl carbamates (subject to hydrolysis) is 1. The summed E-state index contributed by atoms with van der Waals surface area (Å²) in [6, 6.07) is 9.87. The first-order valence-electron chi connectivity index (χ1n) is 10.2. The van der Waals surface area contributed by atoms with Crippen molar-refractivity contribution in [1.29, 1.82) is 0 Å². The van der Waals surface area contributed by atoms with E-state index < -0.39 is 11.7 Å². The van der Waals surface area contributed by atoms with Gasteiger partial charge in [0.1, 0.15) is 5.60 Å². The summed E-state index contributed by atoms with van der Waals surface area (Å²) in [6.45, 7) is 11.6. The van der Waals surface area contributed by atoms with E-state index in [1.807, 2.05) is 71.9 Å². The third-order valence-electron chi connectivity index (χ3n) is 4.23. The summed E-state index contributed by atoms with van der Waals surface area (Å²) in [6.07, 6.45) is 0.690. The molecule has 1 aromatic heterocycles. The third kappa shape index (κ3) is 7.39. The standard InChI is InChI=1S/C23H32N4O3/c1-7-20(28)27-21-16(3)25-15(2)14-19(21)26-18-10-8-17(9-11-18)12-13-24-22(29)30-23(4,5)6/h8-11,14H,7,12-13H2,1-6H3,(H,24,29)(H,25,26)(H,27,28). The Kier molecular flexibility index (Phi) is 7.80. The van der Waals surface area contributed by atoms with Crippen molar-refractivity contribution in [3.63, 3.8) is 0 Å². The van der Waals surface area contributed by atoms with Gasteiger partial charge < -0.3 is 20.7 Å². The second-order valence-corrected chi connectivity index (χ2v) is 8.17. The van der Waals surface area contributed by atoms with Crippen molar-refractivity contribution in [3.05, 3.63) is 47.3 Å². The molecule has 0 atom stereocenters. The zero-order valence-corrected chi connectivity index (χ0v) is 18.7. The summed E-state index contributed by atoms with van der Waals surface area (Å²) < 4.78 is 5.23. The molecule has 1 heterocycles. The number of carbonyl (C=O) groups excluding carboxylic acids is 2. The number of pyridine rings is 1. The maximum atomic E-state index is 11.9. The van der Waals surface area contributed by atoms with Gasteiger partial charge in [-0.15, -0.1) is 0 Å². The largest absolute Gasteiger partial charge is 0.444 e. The summed E-state index contributed by atoms with van der Waals surface area (Å²) in [5, 5.41) is 9.05. The van der Waals surface area contributed by atoms with Crippen LogP contribution in [0.4, 0.5) is 21.9 Å². The van der Waals surface area contributed by atoms with E-state index >= 15 is 0 Å². The first-order chi connectivity index (χ1) is 14.1. The number of amides is 2. The maximum Gasteiger partial charge on any atom is 0.407 e. The predicted molar refractivity (Wildman–Crippen MR) is 120 cm³/mol. The Hall–Kier alpha value is -3.09. The minimum Gasteiger partial charge on any atom is -0.444 e. The van der Waals surface area contributed by atoms with Crippen LogP contribution in [0.5, 0.6) is 0 Å². The van der Waals surface area contributed by atoms with Crippen LogP contribution in [0.15, 0.2) is 30.3 Å². The first-order valence-corrected chi connectivity index (χ1v) is 10.2. The monoisotopic (exact) mass is 412 g/mol. The van der Waals surface area contributed by atoms with Crippen molar-refractivity contribution in [1.82, 2.24) is 10.3 Å². The molecular formula is C23H32N4O3. The number of ether oxygens (including phenoxy) is 1. The highest BCUT2D eigenvalue weighted by atomic mass is 16.6. The van der Waals surface area contributed by atoms with Crippen LogP contribution in [0.3, 0.4) is 0 Å². The van der Waals surface area contributed by atoms with Crippen LogP contribution in [0.1, 0.15) is 51.1 Å². The van der Waals surface area contributed by atoms with Crippen molar-refractivity contribution in [3.8, 4) is 0 Å². The van der Waals surface area contributed by atoms with E-state index in [1.165, 1.54) is 0 Å². The molecule has 162 valence electrons. The van der Waals surface area contributed by atoms with Crippen LogP contribution >= 0.6 is 0 Å². The molecule has 0 bridgehead atoms. The molecular weight excluding hydrogens is 380 g/mol. The molecule has 7 heteroatoms. The highest BCUT2D eigenvalue weighted by Gasteiger charge is 2.15. The minimum atomic E-state index is -0.503. The number of aromatic nitrogens is 1. The molecule has 2 rings (SSSR count). The molecule has 0 aliphatic carbocycles. The van der Waals surface area contributed by atoms with Gasteiger partial charge >= 0.3 is 6.09 Å². The van der Waals surface area contributed by atoms with E-state index in [1.54, 1.807) is 0 Å². The quantitative estimate of drug-likeness (QED) is 0.604. The molecule has 0 aliphatic heterocycles. The molecule has 30 heavy (non-hydrogen) atoms. The normalized spacial score (nSPS) is 11.0. The van der Waals surface area contributed by atoms with E-state index in [2.05, 4.69) is 20.9 Å². The van der Waals surface area contributed by atoms with E-state index in [4.69, 9.17) is 4.74 Å². The minimum absolute atomic E-state index is 0.0559. The highest BCUT2D eigenvalue weighted by Crippen LogP contribution is 2.29. The lowest BCUT2D eigenvalue weighted by Crippen LogP contribution is -2.33. The Labute approximate surface area is 178 Å². The molecule has 0 spiro atoms. The summed E-state index contributed by atoms with van der Waals surface area (Å²) >= 11 is 0. The average Bonchev–Trinajstić information content (AvgIpc) is 2.64. The van der Waals surface area contributed by atoms with E-state index in [0.29, 0.717) is 25.1 Å². The summed E-state index contributed by atoms with van der Waals surface area (Å²) in [7, 11) is 0. The van der Waals surface area contributed by atoms with Gasteiger partial charge in [-0.2, -0.15) is 0 Å². The summed E-state index contributed by atoms with van der Waals surface area (Å²) in [5.74, 6) is -0.0559. The fraction of sp³-hybridized carbons (Fsp3) is 0.435. The number of benzene rings is 1. The van der Waals surface area contributed by atoms with Crippen molar-refractivity contribution >= 4 is 29.1 Å². The second-order valence-electron chi connectivity index (χ2n) is 8.17. The Morgan fingerprint density at radius 2 is 1.77 bits per heavy atom. The lowest BCUT2D eigenvalue weighted by molar-refractivity contribution is -0.115. The van der Waals surface area contributed by atoms with Crippen LogP contribution in [-0.4, -0.2) is 29.1 Å². The van der Waals surface area contributed by atoms with Gasteiger partial charge in [-0.1, -0.05) is 19.1 Å². The molecule has 0 aliphatic rings. The number of carbonyl (C=O) groups is 2. The van der Waals surface area contributed by atoms with Gasteiger partial charge in [-0.05, 0) is 64.8 Å². The van der Waals surface area contributed by atoms with Crippen LogP contribution in [0, 0.1) is 13.8 Å². The van der Waals surface area contributed by atoms with Crippen LogP contribution in [-0.2, 0) is 16.0 Å². The van der Waals surface area contributed by atoms with Crippen LogP contribution in [0.2, 0.25) is 0 Å². The van der Waals surface area contributed by atoms with E-state index in [0.717, 1.165) is 28.3 Å². The molecule has 7 nitrogen and oxygen atoms in total. The highest BCUT2D eigenvalue weighted by molar-refractivity contribution is 5.95. The number of nitrogens with zero attached hydrogens (tertiary/aromatic N) is 1. The topological polar surface area (TPSA) is 92.4 Å². The van der Waals surface area contributed by atoms with Gasteiger partial charge in [-0.25, -0.2) is 4.79 Å². The van der Waals surface area contributed by atoms with Crippen molar-refractivity contribution < 1.29 is 14.3 Å². The molecule has 0 radical (unpaired) electrons. The fourth-order valence-corrected chi connectivity index (χ4v) is 2.85. The Bertz CT molecular complexity index is 887. The number of hydrogen-bond acceptors (Lipinski definition) is 5. The number of nitrogens with one attached hydrogen (secondary N) is 3. The molecule has 0 saturated carbocycles. The number of rotatable bonds is 7. The van der Waals surface area contributed by atoms with Crippen molar-refractivity contribution in [2.45, 2.75) is 60.0 Å². The molecule has 0 unspecified atom stereocenters. The van der Waals surface area contributed by atoms with Gasteiger partial charge in [0.15, 0.2) is 0 Å². The zero-order valence-electron chi connectivity index (χ0n) is 18.7. The molecule has 2 amide bonds. The summed E-state index contributed by atoms with van der Waals surface area (Å²) in [5.41, 5.74) is 4.63. The van der Waals surface area contributed by atoms with Gasteiger partial charge in [0.25, 0.3) is 0 Å². The summed E-state index contributed by atoms with van der Waals surface area (Å²) in [4.78, 5) is 28.0. The predicted octanol–water partition coefficient (Wildman–Crippen LogP) is 4.86. The molecule has 3 N–H and O–H groups in total. The molecule has 0 saturated heterocycles.